The summed E-state index contributed by atoms with van der Waals surface area (Å²) in [7, 11) is 1.66. The van der Waals surface area contributed by atoms with Crippen LogP contribution in [-0.2, 0) is 24.4 Å². The lowest BCUT2D eigenvalue weighted by Crippen LogP contribution is -3.15. The Morgan fingerprint density at radius 3 is 2.67 bits per heavy atom. The van der Waals surface area contributed by atoms with E-state index in [0.29, 0.717) is 19.6 Å². The van der Waals surface area contributed by atoms with Crippen molar-refractivity contribution in [1.29, 1.82) is 0 Å². The fraction of sp³-hybridized carbons (Fsp3) is 0.448. The third-order valence-electron chi connectivity index (χ3n) is 7.58. The lowest BCUT2D eigenvalue weighted by Gasteiger charge is -2.25. The van der Waals surface area contributed by atoms with Gasteiger partial charge in [0.05, 0.1) is 51.0 Å². The number of rotatable bonds is 11. The zero-order valence-electron chi connectivity index (χ0n) is 23.1. The molecule has 1 aliphatic heterocycles. The van der Waals surface area contributed by atoms with E-state index >= 15 is 0 Å². The summed E-state index contributed by atoms with van der Waals surface area (Å²) in [6.45, 7) is 11.7. The van der Waals surface area contributed by atoms with Crippen LogP contribution in [0, 0.1) is 13.8 Å². The number of aryl methyl sites for hydroxylation is 2. The van der Waals surface area contributed by atoms with Gasteiger partial charge in [0.1, 0.15) is 31.9 Å². The molecule has 10 heteroatoms. The second kappa shape index (κ2) is 12.5. The maximum absolute atomic E-state index is 13.1. The van der Waals surface area contributed by atoms with Crippen molar-refractivity contribution < 1.29 is 19.3 Å². The fourth-order valence-corrected chi connectivity index (χ4v) is 5.47. The number of H-pyrrole nitrogens is 1. The highest BCUT2D eigenvalue weighted by molar-refractivity contribution is 5.82. The van der Waals surface area contributed by atoms with Crippen LogP contribution < -0.4 is 20.1 Å². The molecule has 0 radical (unpaired) electrons. The van der Waals surface area contributed by atoms with Gasteiger partial charge >= 0.3 is 0 Å². The van der Waals surface area contributed by atoms with Crippen LogP contribution in [-0.4, -0.2) is 71.7 Å². The molecule has 3 N–H and O–H groups in total. The first kappa shape index (κ1) is 27.0. The predicted octanol–water partition coefficient (Wildman–Crippen LogP) is 0.0786. The van der Waals surface area contributed by atoms with Gasteiger partial charge in [0, 0.05) is 6.42 Å². The number of hydrogen-bond acceptors (Lipinski definition) is 6. The molecule has 1 saturated heterocycles. The van der Waals surface area contributed by atoms with Gasteiger partial charge in [-0.3, -0.25) is 4.79 Å². The number of hydrogen-bond donors (Lipinski definition) is 3. The van der Waals surface area contributed by atoms with Gasteiger partial charge < -0.3 is 24.3 Å². The first-order valence-electron chi connectivity index (χ1n) is 13.7. The number of quaternary nitrogens is 2. The van der Waals surface area contributed by atoms with Crippen molar-refractivity contribution in [2.24, 2.45) is 0 Å². The number of fused-ring (bicyclic) bond motifs is 1. The van der Waals surface area contributed by atoms with Crippen molar-refractivity contribution in [3.63, 3.8) is 0 Å². The predicted molar refractivity (Wildman–Crippen MR) is 148 cm³/mol. The van der Waals surface area contributed by atoms with E-state index in [2.05, 4.69) is 45.6 Å². The van der Waals surface area contributed by atoms with Crippen molar-refractivity contribution in [2.45, 2.75) is 39.9 Å². The number of morpholine rings is 1. The molecule has 1 atom stereocenters. The summed E-state index contributed by atoms with van der Waals surface area (Å²) in [6, 6.07) is 14.2. The third-order valence-corrected chi connectivity index (χ3v) is 7.58. The van der Waals surface area contributed by atoms with Crippen LogP contribution in [0.1, 0.15) is 34.5 Å². The Balaban J connectivity index is 1.35. The van der Waals surface area contributed by atoms with Crippen molar-refractivity contribution in [2.75, 3.05) is 46.5 Å². The van der Waals surface area contributed by atoms with Crippen LogP contribution in [0.25, 0.3) is 10.9 Å². The van der Waals surface area contributed by atoms with E-state index in [0.717, 1.165) is 85.0 Å². The minimum Gasteiger partial charge on any atom is -0.497 e. The van der Waals surface area contributed by atoms with E-state index in [1.807, 2.05) is 35.9 Å². The second-order valence-electron chi connectivity index (χ2n) is 10.6. The van der Waals surface area contributed by atoms with Crippen molar-refractivity contribution in [3.05, 3.63) is 80.9 Å². The Morgan fingerprint density at radius 1 is 1.10 bits per heavy atom. The molecule has 0 aliphatic carbocycles. The van der Waals surface area contributed by atoms with Crippen molar-refractivity contribution in [3.8, 4) is 5.75 Å². The molecule has 10 nitrogen and oxygen atoms in total. The summed E-state index contributed by atoms with van der Waals surface area (Å²) < 4.78 is 12.7. The SMILES string of the molecule is COc1ccc(Cn2nnnc2C[NH+](CCC[NH+]2CCOCC2)Cc2cc3cc(C)cc(C)c3[nH]c2=O)cc1. The van der Waals surface area contributed by atoms with Gasteiger partial charge in [0.15, 0.2) is 0 Å². The van der Waals surface area contributed by atoms with E-state index in [4.69, 9.17) is 9.47 Å². The molecule has 0 spiro atoms. The minimum absolute atomic E-state index is 0.0245. The Morgan fingerprint density at radius 2 is 1.90 bits per heavy atom. The first-order valence-corrected chi connectivity index (χ1v) is 13.7. The molecule has 206 valence electrons. The number of benzene rings is 2. The smallest absolute Gasteiger partial charge is 0.257 e. The number of pyridine rings is 1. The third kappa shape index (κ3) is 6.89. The fourth-order valence-electron chi connectivity index (χ4n) is 5.47. The average Bonchev–Trinajstić information content (AvgIpc) is 3.36. The molecule has 2 aromatic heterocycles. The molecule has 5 rings (SSSR count). The van der Waals surface area contributed by atoms with E-state index in [9.17, 15) is 4.79 Å². The molecule has 4 aromatic rings. The molecule has 0 saturated carbocycles. The number of aromatic nitrogens is 5. The van der Waals surface area contributed by atoms with Crippen LogP contribution in [0.15, 0.2) is 47.3 Å². The zero-order valence-corrected chi connectivity index (χ0v) is 23.1. The molecule has 0 bridgehead atoms. The van der Waals surface area contributed by atoms with Gasteiger partial charge in [0.25, 0.3) is 5.56 Å². The highest BCUT2D eigenvalue weighted by Gasteiger charge is 2.20. The number of nitrogens with zero attached hydrogens (tertiary/aromatic N) is 4. The van der Waals surface area contributed by atoms with Gasteiger partial charge in [-0.1, -0.05) is 23.8 Å². The molecule has 3 heterocycles. The summed E-state index contributed by atoms with van der Waals surface area (Å²) in [5.74, 6) is 1.63. The normalized spacial score (nSPS) is 15.1. The molecule has 1 fully saturated rings. The maximum atomic E-state index is 13.1. The quantitative estimate of drug-likeness (QED) is 0.252. The second-order valence-corrected chi connectivity index (χ2v) is 10.6. The standard InChI is InChI=1S/C29H37N7O3/c1-21-15-22(2)28-24(16-21)17-25(29(37)30-28)19-35(10-4-9-34-11-13-39-14-12-34)20-27-31-32-33-36(27)18-23-5-7-26(38-3)8-6-23/h5-8,15-17H,4,9-14,18-20H2,1-3H3,(H,30,37)/p+2. The number of aromatic amines is 1. The van der Waals surface area contributed by atoms with E-state index < -0.39 is 0 Å². The lowest BCUT2D eigenvalue weighted by atomic mass is 10.1. The summed E-state index contributed by atoms with van der Waals surface area (Å²) in [4.78, 5) is 19.1. The number of tetrazole rings is 1. The highest BCUT2D eigenvalue weighted by Crippen LogP contribution is 2.18. The number of methoxy groups -OCH3 is 1. The van der Waals surface area contributed by atoms with Crippen LogP contribution >= 0.6 is 0 Å². The van der Waals surface area contributed by atoms with Crippen molar-refractivity contribution in [1.82, 2.24) is 25.2 Å². The van der Waals surface area contributed by atoms with Crippen LogP contribution in [0.4, 0.5) is 0 Å². The topological polar surface area (TPSA) is 104 Å². The summed E-state index contributed by atoms with van der Waals surface area (Å²) in [6.07, 6.45) is 1.05. The monoisotopic (exact) mass is 533 g/mol. The Hall–Kier alpha value is -3.60. The average molecular weight is 534 g/mol. The van der Waals surface area contributed by atoms with Crippen molar-refractivity contribution >= 4 is 10.9 Å². The molecule has 1 aliphatic rings. The van der Waals surface area contributed by atoms with Crippen LogP contribution in [0.3, 0.4) is 0 Å². The van der Waals surface area contributed by atoms with Gasteiger partial charge in [-0.25, -0.2) is 4.68 Å². The Kier molecular flexibility index (Phi) is 8.65. The van der Waals surface area contributed by atoms with Gasteiger partial charge in [-0.2, -0.15) is 0 Å². The van der Waals surface area contributed by atoms with E-state index in [-0.39, 0.29) is 5.56 Å². The van der Waals surface area contributed by atoms with Crippen LogP contribution in [0.5, 0.6) is 5.75 Å². The van der Waals surface area contributed by atoms with E-state index in [1.165, 1.54) is 10.5 Å². The molecule has 2 aromatic carbocycles. The molecular formula is C29H39N7O3+2. The first-order chi connectivity index (χ1) is 19.0. The van der Waals surface area contributed by atoms with Crippen LogP contribution in [0.2, 0.25) is 0 Å². The van der Waals surface area contributed by atoms with Gasteiger partial charge in [0.2, 0.25) is 5.82 Å². The molecular weight excluding hydrogens is 494 g/mol. The summed E-state index contributed by atoms with van der Waals surface area (Å²) in [5, 5.41) is 13.7. The largest absolute Gasteiger partial charge is 0.497 e. The van der Waals surface area contributed by atoms with E-state index in [1.54, 1.807) is 12.0 Å². The molecule has 1 unspecified atom stereocenters. The minimum atomic E-state index is -0.0245. The number of ether oxygens (including phenoxy) is 2. The zero-order chi connectivity index (χ0) is 27.2. The summed E-state index contributed by atoms with van der Waals surface area (Å²) >= 11 is 0. The summed E-state index contributed by atoms with van der Waals surface area (Å²) in [5.41, 5.74) is 5.05. The molecule has 39 heavy (non-hydrogen) atoms. The molecule has 0 amide bonds. The maximum Gasteiger partial charge on any atom is 0.257 e. The number of nitrogens with one attached hydrogen (secondary N) is 3. The lowest BCUT2D eigenvalue weighted by molar-refractivity contribution is -0.939. The van der Waals surface area contributed by atoms with Gasteiger partial charge in [-0.05, 0) is 65.1 Å². The Labute approximate surface area is 228 Å². The highest BCUT2D eigenvalue weighted by atomic mass is 16.5. The van der Waals surface area contributed by atoms with Gasteiger partial charge in [-0.15, -0.1) is 5.10 Å². The Bertz CT molecular complexity index is 1440.